The first-order valence-corrected chi connectivity index (χ1v) is 9.24. The predicted molar refractivity (Wildman–Crippen MR) is 101 cm³/mol. The number of hydrogen-bond acceptors (Lipinski definition) is 6. The van der Waals surface area contributed by atoms with Crippen LogP contribution in [0.2, 0.25) is 0 Å². The second-order valence-electron chi connectivity index (χ2n) is 6.95. The van der Waals surface area contributed by atoms with Crippen LogP contribution in [0.25, 0.3) is 0 Å². The molecule has 0 radical (unpaired) electrons. The molecular formula is C20H21N3O5. The number of benzene rings is 1. The summed E-state index contributed by atoms with van der Waals surface area (Å²) in [6.07, 6.45) is 3.32. The SMILES string of the molecule is C[C@@H](NC(=O)COC(=O)c1ccc2c(c1)NC(=O)[C@H]1CCCN21)c1ccco1. The maximum atomic E-state index is 12.3. The first-order chi connectivity index (χ1) is 13.5. The molecule has 1 saturated heterocycles. The van der Waals surface area contributed by atoms with Crippen molar-refractivity contribution < 1.29 is 23.5 Å². The molecule has 0 bridgehead atoms. The summed E-state index contributed by atoms with van der Waals surface area (Å²) in [6.45, 7) is 2.20. The van der Waals surface area contributed by atoms with Gasteiger partial charge in [-0.2, -0.15) is 0 Å². The number of nitrogens with zero attached hydrogens (tertiary/aromatic N) is 1. The summed E-state index contributed by atoms with van der Waals surface area (Å²) in [5, 5.41) is 5.55. The highest BCUT2D eigenvalue weighted by atomic mass is 16.5. The highest BCUT2D eigenvalue weighted by molar-refractivity contribution is 6.05. The minimum atomic E-state index is -0.624. The molecule has 146 valence electrons. The van der Waals surface area contributed by atoms with Gasteiger partial charge in [-0.05, 0) is 50.1 Å². The topological polar surface area (TPSA) is 101 Å². The summed E-state index contributed by atoms with van der Waals surface area (Å²) >= 11 is 0. The fourth-order valence-electron chi connectivity index (χ4n) is 3.66. The molecule has 1 aromatic heterocycles. The number of furan rings is 1. The maximum absolute atomic E-state index is 12.3. The van der Waals surface area contributed by atoms with Crippen molar-refractivity contribution in [1.29, 1.82) is 0 Å². The van der Waals surface area contributed by atoms with Crippen LogP contribution in [0.1, 0.15) is 41.9 Å². The smallest absolute Gasteiger partial charge is 0.338 e. The minimum Gasteiger partial charge on any atom is -0.467 e. The second kappa shape index (κ2) is 7.38. The number of carbonyl (C=O) groups excluding carboxylic acids is 3. The Labute approximate surface area is 161 Å². The zero-order valence-electron chi connectivity index (χ0n) is 15.4. The van der Waals surface area contributed by atoms with Gasteiger partial charge >= 0.3 is 5.97 Å². The average molecular weight is 383 g/mol. The van der Waals surface area contributed by atoms with Crippen molar-refractivity contribution in [3.8, 4) is 0 Å². The molecule has 3 heterocycles. The van der Waals surface area contributed by atoms with E-state index < -0.39 is 18.5 Å². The normalized spacial score (nSPS) is 18.7. The molecule has 1 fully saturated rings. The molecule has 28 heavy (non-hydrogen) atoms. The van der Waals surface area contributed by atoms with Crippen LogP contribution in [0.15, 0.2) is 41.0 Å². The summed E-state index contributed by atoms with van der Waals surface area (Å²) in [5.41, 5.74) is 1.78. The van der Waals surface area contributed by atoms with Crippen molar-refractivity contribution in [2.45, 2.75) is 31.8 Å². The molecule has 8 nitrogen and oxygen atoms in total. The van der Waals surface area contributed by atoms with E-state index in [0.29, 0.717) is 11.4 Å². The lowest BCUT2D eigenvalue weighted by molar-refractivity contribution is -0.125. The third-order valence-electron chi connectivity index (χ3n) is 5.04. The molecule has 2 atom stereocenters. The van der Waals surface area contributed by atoms with Crippen LogP contribution in [0.4, 0.5) is 11.4 Å². The van der Waals surface area contributed by atoms with E-state index in [1.54, 1.807) is 31.2 Å². The Kier molecular flexibility index (Phi) is 4.77. The number of nitrogens with one attached hydrogen (secondary N) is 2. The first kappa shape index (κ1) is 18.1. The summed E-state index contributed by atoms with van der Waals surface area (Å²) in [4.78, 5) is 38.6. The van der Waals surface area contributed by atoms with Crippen LogP contribution >= 0.6 is 0 Å². The molecule has 2 aliphatic rings. The van der Waals surface area contributed by atoms with Gasteiger partial charge in [-0.25, -0.2) is 4.79 Å². The third-order valence-corrected chi connectivity index (χ3v) is 5.04. The largest absolute Gasteiger partial charge is 0.467 e. The van der Waals surface area contributed by atoms with Gasteiger partial charge in [-0.1, -0.05) is 0 Å². The first-order valence-electron chi connectivity index (χ1n) is 9.24. The number of ether oxygens (including phenoxy) is 1. The third kappa shape index (κ3) is 3.45. The van der Waals surface area contributed by atoms with Gasteiger partial charge in [0.1, 0.15) is 11.8 Å². The molecule has 4 rings (SSSR count). The van der Waals surface area contributed by atoms with Gasteiger partial charge < -0.3 is 24.7 Å². The van der Waals surface area contributed by atoms with Gasteiger partial charge in [-0.3, -0.25) is 9.59 Å². The zero-order chi connectivity index (χ0) is 19.7. The summed E-state index contributed by atoms with van der Waals surface area (Å²) in [5.74, 6) is -0.489. The van der Waals surface area contributed by atoms with Crippen molar-refractivity contribution in [1.82, 2.24) is 5.32 Å². The molecule has 0 aliphatic carbocycles. The number of amides is 2. The molecule has 0 saturated carbocycles. The Balaban J connectivity index is 1.37. The van der Waals surface area contributed by atoms with Gasteiger partial charge in [-0.15, -0.1) is 0 Å². The Morgan fingerprint density at radius 3 is 3.04 bits per heavy atom. The van der Waals surface area contributed by atoms with E-state index in [-0.39, 0.29) is 23.6 Å². The van der Waals surface area contributed by atoms with E-state index in [1.165, 1.54) is 6.26 Å². The van der Waals surface area contributed by atoms with Crippen LogP contribution in [-0.2, 0) is 14.3 Å². The molecule has 1 aromatic carbocycles. The number of hydrogen-bond donors (Lipinski definition) is 2. The predicted octanol–water partition coefficient (Wildman–Crippen LogP) is 2.23. The van der Waals surface area contributed by atoms with E-state index in [4.69, 9.17) is 9.15 Å². The average Bonchev–Trinajstić information content (AvgIpc) is 3.37. The van der Waals surface area contributed by atoms with Gasteiger partial charge in [0.15, 0.2) is 6.61 Å². The maximum Gasteiger partial charge on any atom is 0.338 e. The summed E-state index contributed by atoms with van der Waals surface area (Å²) in [6, 6.07) is 8.08. The van der Waals surface area contributed by atoms with Crippen LogP contribution in [0, 0.1) is 0 Å². The van der Waals surface area contributed by atoms with E-state index in [9.17, 15) is 14.4 Å². The van der Waals surface area contributed by atoms with Gasteiger partial charge in [0.05, 0.1) is 29.2 Å². The van der Waals surface area contributed by atoms with Crippen LogP contribution in [0.5, 0.6) is 0 Å². The Hall–Kier alpha value is -3.29. The Morgan fingerprint density at radius 1 is 1.39 bits per heavy atom. The fraction of sp³-hybridized carbons (Fsp3) is 0.350. The zero-order valence-corrected chi connectivity index (χ0v) is 15.4. The van der Waals surface area contributed by atoms with Gasteiger partial charge in [0, 0.05) is 6.54 Å². The molecule has 2 amide bonds. The van der Waals surface area contributed by atoms with Crippen LogP contribution < -0.4 is 15.5 Å². The molecule has 0 unspecified atom stereocenters. The lowest BCUT2D eigenvalue weighted by atomic mass is 10.1. The lowest BCUT2D eigenvalue weighted by Gasteiger charge is -2.33. The van der Waals surface area contributed by atoms with Crippen LogP contribution in [-0.4, -0.2) is 37.0 Å². The van der Waals surface area contributed by atoms with Crippen LogP contribution in [0.3, 0.4) is 0 Å². The van der Waals surface area contributed by atoms with Gasteiger partial charge in [0.25, 0.3) is 5.91 Å². The molecule has 8 heteroatoms. The number of anilines is 2. The van der Waals surface area contributed by atoms with E-state index in [2.05, 4.69) is 15.5 Å². The van der Waals surface area contributed by atoms with Crippen molar-refractivity contribution in [3.63, 3.8) is 0 Å². The van der Waals surface area contributed by atoms with E-state index in [1.807, 2.05) is 6.07 Å². The number of fused-ring (bicyclic) bond motifs is 3. The van der Waals surface area contributed by atoms with Crippen molar-refractivity contribution in [2.24, 2.45) is 0 Å². The van der Waals surface area contributed by atoms with Crippen molar-refractivity contribution in [2.75, 3.05) is 23.4 Å². The van der Waals surface area contributed by atoms with Crippen molar-refractivity contribution >= 4 is 29.2 Å². The summed E-state index contributed by atoms with van der Waals surface area (Å²) in [7, 11) is 0. The molecule has 0 spiro atoms. The molecule has 2 aromatic rings. The highest BCUT2D eigenvalue weighted by Gasteiger charge is 2.36. The number of esters is 1. The molecular weight excluding hydrogens is 362 g/mol. The summed E-state index contributed by atoms with van der Waals surface area (Å²) < 4.78 is 10.3. The Bertz CT molecular complexity index is 909. The second-order valence-corrected chi connectivity index (χ2v) is 6.95. The molecule has 2 aliphatic heterocycles. The quantitative estimate of drug-likeness (QED) is 0.768. The monoisotopic (exact) mass is 383 g/mol. The number of carbonyl (C=O) groups is 3. The minimum absolute atomic E-state index is 0.0539. The standard InChI is InChI=1S/C20H21N3O5/c1-12(17-5-3-9-27-17)21-18(24)11-28-20(26)13-6-7-15-14(10-13)22-19(25)16-4-2-8-23(15)16/h3,5-7,9-10,12,16H,2,4,8,11H2,1H3,(H,21,24)(H,22,25)/t12-,16-/m1/s1. The highest BCUT2D eigenvalue weighted by Crippen LogP contribution is 2.37. The molecule has 2 N–H and O–H groups in total. The van der Waals surface area contributed by atoms with Crippen molar-refractivity contribution in [3.05, 3.63) is 47.9 Å². The number of rotatable bonds is 5. The van der Waals surface area contributed by atoms with E-state index >= 15 is 0 Å². The van der Waals surface area contributed by atoms with Gasteiger partial charge in [0.2, 0.25) is 5.91 Å². The lowest BCUT2D eigenvalue weighted by Crippen LogP contribution is -2.43. The fourth-order valence-corrected chi connectivity index (χ4v) is 3.66. The Morgan fingerprint density at radius 2 is 2.25 bits per heavy atom. The van der Waals surface area contributed by atoms with E-state index in [0.717, 1.165) is 25.1 Å².